The summed E-state index contributed by atoms with van der Waals surface area (Å²) in [5, 5.41) is 7.63. The number of anilines is 1. The van der Waals surface area contributed by atoms with Crippen LogP contribution in [-0.4, -0.2) is 28.6 Å². The summed E-state index contributed by atoms with van der Waals surface area (Å²) >= 11 is 5.89. The number of rotatable bonds is 7. The van der Waals surface area contributed by atoms with Crippen molar-refractivity contribution in [3.63, 3.8) is 0 Å². The lowest BCUT2D eigenvalue weighted by atomic mass is 10.2. The molecular formula is C19H16ClN3O3. The lowest BCUT2D eigenvalue weighted by molar-refractivity contribution is -0.118. The number of benzene rings is 2. The number of nitrogens with zero attached hydrogens (tertiary/aromatic N) is 2. The van der Waals surface area contributed by atoms with Gasteiger partial charge in [0.25, 0.3) is 5.91 Å². The lowest BCUT2D eigenvalue weighted by Gasteiger charge is -2.11. The van der Waals surface area contributed by atoms with Gasteiger partial charge in [-0.3, -0.25) is 9.59 Å². The molecule has 0 saturated carbocycles. The molecule has 0 radical (unpaired) electrons. The second-order valence-corrected chi connectivity index (χ2v) is 5.93. The molecule has 3 rings (SSSR count). The second-order valence-electron chi connectivity index (χ2n) is 5.49. The lowest BCUT2D eigenvalue weighted by Crippen LogP contribution is -2.22. The normalized spacial score (nSPS) is 10.3. The van der Waals surface area contributed by atoms with Crippen molar-refractivity contribution in [2.75, 3.05) is 11.9 Å². The smallest absolute Gasteiger partial charge is 0.263 e. The highest BCUT2D eigenvalue weighted by Crippen LogP contribution is 2.16. The van der Waals surface area contributed by atoms with Crippen LogP contribution in [0.25, 0.3) is 0 Å². The molecule has 3 aromatic rings. The Kier molecular flexibility index (Phi) is 5.66. The summed E-state index contributed by atoms with van der Waals surface area (Å²) in [4.78, 5) is 23.1. The molecule has 0 spiro atoms. The molecule has 2 aromatic carbocycles. The summed E-state index contributed by atoms with van der Waals surface area (Å²) in [5.41, 5.74) is 1.40. The first kappa shape index (κ1) is 17.7. The molecule has 0 aliphatic carbocycles. The van der Waals surface area contributed by atoms with Gasteiger partial charge < -0.3 is 10.1 Å². The van der Waals surface area contributed by atoms with Crippen molar-refractivity contribution in [1.82, 2.24) is 9.78 Å². The molecule has 1 heterocycles. The molecule has 0 saturated heterocycles. The van der Waals surface area contributed by atoms with E-state index < -0.39 is 0 Å². The molecule has 0 unspecified atom stereocenters. The zero-order chi connectivity index (χ0) is 18.4. The van der Waals surface area contributed by atoms with Crippen LogP contribution in [0.2, 0.25) is 5.02 Å². The Labute approximate surface area is 155 Å². The summed E-state index contributed by atoms with van der Waals surface area (Å²) in [7, 11) is 0. The van der Waals surface area contributed by atoms with Crippen molar-refractivity contribution < 1.29 is 14.3 Å². The molecule has 1 N–H and O–H groups in total. The van der Waals surface area contributed by atoms with Crippen molar-refractivity contribution >= 4 is 29.6 Å². The number of aromatic nitrogens is 2. The fourth-order valence-corrected chi connectivity index (χ4v) is 2.49. The average molecular weight is 370 g/mol. The SMILES string of the molecule is O=Cc1ccccc1OCC(=O)Nc1ccnn1Cc1ccc(Cl)cc1. The number of halogens is 1. The van der Waals surface area contributed by atoms with E-state index in [1.807, 2.05) is 12.1 Å². The molecule has 0 aliphatic rings. The number of hydrogen-bond donors (Lipinski definition) is 1. The summed E-state index contributed by atoms with van der Waals surface area (Å²) in [5.74, 6) is 0.577. The molecule has 0 atom stereocenters. The fraction of sp³-hybridized carbons (Fsp3) is 0.105. The van der Waals surface area contributed by atoms with E-state index in [2.05, 4.69) is 10.4 Å². The summed E-state index contributed by atoms with van der Waals surface area (Å²) in [6.07, 6.45) is 2.29. The van der Waals surface area contributed by atoms with E-state index in [0.29, 0.717) is 35.0 Å². The van der Waals surface area contributed by atoms with Crippen LogP contribution in [0.3, 0.4) is 0 Å². The topological polar surface area (TPSA) is 73.2 Å². The number of hydrogen-bond acceptors (Lipinski definition) is 4. The number of amides is 1. The van der Waals surface area contributed by atoms with E-state index in [-0.39, 0.29) is 12.5 Å². The molecular weight excluding hydrogens is 354 g/mol. The van der Waals surface area contributed by atoms with Crippen LogP contribution < -0.4 is 10.1 Å². The number of para-hydroxylation sites is 1. The average Bonchev–Trinajstić information content (AvgIpc) is 3.08. The zero-order valence-corrected chi connectivity index (χ0v) is 14.5. The van der Waals surface area contributed by atoms with Gasteiger partial charge in [-0.2, -0.15) is 5.10 Å². The van der Waals surface area contributed by atoms with E-state index in [1.54, 1.807) is 53.3 Å². The van der Waals surface area contributed by atoms with Crippen molar-refractivity contribution in [1.29, 1.82) is 0 Å². The number of aldehydes is 1. The zero-order valence-electron chi connectivity index (χ0n) is 13.8. The predicted octanol–water partition coefficient (Wildman–Crippen LogP) is 3.41. The first-order chi connectivity index (χ1) is 12.7. The van der Waals surface area contributed by atoms with Crippen LogP contribution in [0.5, 0.6) is 5.75 Å². The summed E-state index contributed by atoms with van der Waals surface area (Å²) < 4.78 is 7.09. The van der Waals surface area contributed by atoms with Crippen LogP contribution >= 0.6 is 11.6 Å². The van der Waals surface area contributed by atoms with Gasteiger partial charge in [0.05, 0.1) is 18.3 Å². The maximum Gasteiger partial charge on any atom is 0.263 e. The first-order valence-electron chi connectivity index (χ1n) is 7.89. The minimum absolute atomic E-state index is 0.211. The molecule has 1 aromatic heterocycles. The minimum atomic E-state index is -0.344. The second kappa shape index (κ2) is 8.31. The van der Waals surface area contributed by atoms with E-state index >= 15 is 0 Å². The molecule has 1 amide bonds. The van der Waals surface area contributed by atoms with Gasteiger partial charge in [-0.1, -0.05) is 35.9 Å². The van der Waals surface area contributed by atoms with E-state index in [0.717, 1.165) is 5.56 Å². The maximum atomic E-state index is 12.1. The van der Waals surface area contributed by atoms with Crippen LogP contribution in [0.15, 0.2) is 60.8 Å². The molecule has 0 bridgehead atoms. The number of ether oxygens (including phenoxy) is 1. The highest BCUT2D eigenvalue weighted by atomic mass is 35.5. The number of carbonyl (C=O) groups is 2. The van der Waals surface area contributed by atoms with E-state index in [9.17, 15) is 9.59 Å². The van der Waals surface area contributed by atoms with E-state index in [4.69, 9.17) is 16.3 Å². The molecule has 6 nitrogen and oxygen atoms in total. The molecule has 0 fully saturated rings. The fourth-order valence-electron chi connectivity index (χ4n) is 2.36. The molecule has 132 valence electrons. The molecule has 0 aliphatic heterocycles. The Morgan fingerprint density at radius 3 is 2.69 bits per heavy atom. The third kappa shape index (κ3) is 4.49. The van der Waals surface area contributed by atoms with Crippen LogP contribution in [-0.2, 0) is 11.3 Å². The van der Waals surface area contributed by atoms with Crippen molar-refractivity contribution in [2.24, 2.45) is 0 Å². The van der Waals surface area contributed by atoms with Gasteiger partial charge in [0.2, 0.25) is 0 Å². The number of carbonyl (C=O) groups excluding carboxylic acids is 2. The monoisotopic (exact) mass is 369 g/mol. The van der Waals surface area contributed by atoms with Gasteiger partial charge in [0.1, 0.15) is 11.6 Å². The Hall–Kier alpha value is -3.12. The van der Waals surface area contributed by atoms with Gasteiger partial charge >= 0.3 is 0 Å². The van der Waals surface area contributed by atoms with Gasteiger partial charge in [0, 0.05) is 11.1 Å². The first-order valence-corrected chi connectivity index (χ1v) is 8.26. The van der Waals surface area contributed by atoms with Crippen LogP contribution in [0, 0.1) is 0 Å². The highest BCUT2D eigenvalue weighted by Gasteiger charge is 2.10. The van der Waals surface area contributed by atoms with Crippen molar-refractivity contribution in [2.45, 2.75) is 6.54 Å². The third-order valence-electron chi connectivity index (χ3n) is 3.63. The highest BCUT2D eigenvalue weighted by molar-refractivity contribution is 6.30. The summed E-state index contributed by atoms with van der Waals surface area (Å²) in [6, 6.07) is 15.8. The van der Waals surface area contributed by atoms with Crippen LogP contribution in [0.4, 0.5) is 5.82 Å². The molecule has 26 heavy (non-hydrogen) atoms. The van der Waals surface area contributed by atoms with Gasteiger partial charge in [0.15, 0.2) is 12.9 Å². The van der Waals surface area contributed by atoms with Crippen molar-refractivity contribution in [3.05, 3.63) is 76.9 Å². The predicted molar refractivity (Wildman–Crippen MR) is 98.7 cm³/mol. The summed E-state index contributed by atoms with van der Waals surface area (Å²) in [6.45, 7) is 0.283. The van der Waals surface area contributed by atoms with Crippen molar-refractivity contribution in [3.8, 4) is 5.75 Å². The van der Waals surface area contributed by atoms with E-state index in [1.165, 1.54) is 0 Å². The largest absolute Gasteiger partial charge is 0.483 e. The third-order valence-corrected chi connectivity index (χ3v) is 3.89. The Balaban J connectivity index is 1.60. The van der Waals surface area contributed by atoms with Gasteiger partial charge in [-0.25, -0.2) is 4.68 Å². The van der Waals surface area contributed by atoms with Crippen LogP contribution in [0.1, 0.15) is 15.9 Å². The quantitative estimate of drug-likeness (QED) is 0.648. The standard InChI is InChI=1S/C19H16ClN3O3/c20-16-7-5-14(6-8-16)11-23-18(9-10-21-23)22-19(25)13-26-17-4-2-1-3-15(17)12-24/h1-10,12H,11,13H2,(H,22,25). The minimum Gasteiger partial charge on any atom is -0.483 e. The number of nitrogens with one attached hydrogen (secondary N) is 1. The Morgan fingerprint density at radius 2 is 1.92 bits per heavy atom. The Bertz CT molecular complexity index is 906. The molecule has 7 heteroatoms. The van der Waals surface area contributed by atoms with Gasteiger partial charge in [-0.05, 0) is 29.8 Å². The Morgan fingerprint density at radius 1 is 1.15 bits per heavy atom. The maximum absolute atomic E-state index is 12.1. The van der Waals surface area contributed by atoms with Gasteiger partial charge in [-0.15, -0.1) is 0 Å².